The first kappa shape index (κ1) is 19.3. The summed E-state index contributed by atoms with van der Waals surface area (Å²) in [5.74, 6) is -0.710. The molecule has 0 aliphatic carbocycles. The van der Waals surface area contributed by atoms with Gasteiger partial charge in [-0.2, -0.15) is 13.2 Å². The predicted molar refractivity (Wildman–Crippen MR) is 85.9 cm³/mol. The number of piperidine rings is 1. The average molecular weight is 357 g/mol. The number of carbonyl (C=O) groups excluding carboxylic acids is 1. The van der Waals surface area contributed by atoms with Crippen molar-refractivity contribution in [2.24, 2.45) is 5.92 Å². The van der Waals surface area contributed by atoms with Crippen LogP contribution >= 0.6 is 0 Å². The normalized spacial score (nSPS) is 16.0. The molecule has 25 heavy (non-hydrogen) atoms. The molecule has 4 nitrogen and oxygen atoms in total. The van der Waals surface area contributed by atoms with Crippen LogP contribution in [0.15, 0.2) is 24.3 Å². The lowest BCUT2D eigenvalue weighted by Crippen LogP contribution is -2.38. The third kappa shape index (κ3) is 6.07. The summed E-state index contributed by atoms with van der Waals surface area (Å²) in [4.78, 5) is 24.6. The van der Waals surface area contributed by atoms with Gasteiger partial charge in [0, 0.05) is 25.9 Å². The number of alkyl halides is 3. The molecule has 0 saturated carbocycles. The Morgan fingerprint density at radius 1 is 1.20 bits per heavy atom. The summed E-state index contributed by atoms with van der Waals surface area (Å²) in [7, 11) is 0. The Labute approximate surface area is 144 Å². The number of hydrogen-bond acceptors (Lipinski definition) is 2. The van der Waals surface area contributed by atoms with Gasteiger partial charge in [-0.3, -0.25) is 9.59 Å². The number of amides is 1. The molecule has 0 atom stereocenters. The van der Waals surface area contributed by atoms with Crippen LogP contribution in [0, 0.1) is 5.92 Å². The lowest BCUT2D eigenvalue weighted by atomic mass is 9.93. The van der Waals surface area contributed by atoms with Crippen molar-refractivity contribution in [2.45, 2.75) is 44.7 Å². The van der Waals surface area contributed by atoms with E-state index in [1.165, 1.54) is 6.07 Å². The van der Waals surface area contributed by atoms with Gasteiger partial charge in [-0.25, -0.2) is 0 Å². The van der Waals surface area contributed by atoms with Crippen molar-refractivity contribution < 1.29 is 27.9 Å². The van der Waals surface area contributed by atoms with E-state index in [9.17, 15) is 22.8 Å². The SMILES string of the molecule is O=C(O)CC1CCN(C(=O)CCCc2cccc(C(F)(F)F)c2)CC1. The first-order chi connectivity index (χ1) is 11.8. The number of halogens is 3. The second-order valence-electron chi connectivity index (χ2n) is 6.47. The Balaban J connectivity index is 1.75. The Morgan fingerprint density at radius 2 is 1.88 bits per heavy atom. The predicted octanol–water partition coefficient (Wildman–Crippen LogP) is 3.74. The number of aliphatic carboxylic acids is 1. The van der Waals surface area contributed by atoms with Crippen LogP contribution < -0.4 is 0 Å². The lowest BCUT2D eigenvalue weighted by molar-refractivity contribution is -0.139. The van der Waals surface area contributed by atoms with Gasteiger partial charge in [0.2, 0.25) is 5.91 Å². The number of nitrogens with zero attached hydrogens (tertiary/aromatic N) is 1. The highest BCUT2D eigenvalue weighted by molar-refractivity contribution is 5.76. The van der Waals surface area contributed by atoms with Gasteiger partial charge in [0.05, 0.1) is 5.56 Å². The van der Waals surface area contributed by atoms with E-state index in [-0.39, 0.29) is 18.2 Å². The molecule has 1 aromatic rings. The number of carboxylic acids is 1. The Bertz CT molecular complexity index is 608. The monoisotopic (exact) mass is 357 g/mol. The topological polar surface area (TPSA) is 57.6 Å². The van der Waals surface area contributed by atoms with Crippen molar-refractivity contribution in [3.05, 3.63) is 35.4 Å². The van der Waals surface area contributed by atoms with Gasteiger partial charge in [-0.05, 0) is 43.2 Å². The Kier molecular flexibility index (Phi) is 6.45. The van der Waals surface area contributed by atoms with Gasteiger partial charge in [-0.1, -0.05) is 18.2 Å². The molecule has 1 fully saturated rings. The molecule has 1 saturated heterocycles. The van der Waals surface area contributed by atoms with E-state index in [1.54, 1.807) is 11.0 Å². The summed E-state index contributed by atoms with van der Waals surface area (Å²) in [5.41, 5.74) is -0.0976. The quantitative estimate of drug-likeness (QED) is 0.844. The molecular formula is C18H22F3NO3. The zero-order valence-electron chi connectivity index (χ0n) is 13.9. The van der Waals surface area contributed by atoms with Gasteiger partial charge in [0.25, 0.3) is 0 Å². The highest BCUT2D eigenvalue weighted by Crippen LogP contribution is 2.29. The first-order valence-electron chi connectivity index (χ1n) is 8.41. The Hall–Kier alpha value is -2.05. The second kappa shape index (κ2) is 8.36. The number of likely N-dealkylation sites (tertiary alicyclic amines) is 1. The minimum atomic E-state index is -4.36. The average Bonchev–Trinajstić information content (AvgIpc) is 2.54. The summed E-state index contributed by atoms with van der Waals surface area (Å²) >= 11 is 0. The van der Waals surface area contributed by atoms with E-state index in [0.29, 0.717) is 50.8 Å². The van der Waals surface area contributed by atoms with E-state index in [1.807, 2.05) is 0 Å². The molecule has 0 aromatic heterocycles. The fourth-order valence-corrected chi connectivity index (χ4v) is 3.14. The third-order valence-corrected chi connectivity index (χ3v) is 4.54. The van der Waals surface area contributed by atoms with Crippen molar-refractivity contribution in [3.8, 4) is 0 Å². The van der Waals surface area contributed by atoms with Crippen molar-refractivity contribution in [1.29, 1.82) is 0 Å². The first-order valence-corrected chi connectivity index (χ1v) is 8.41. The van der Waals surface area contributed by atoms with Gasteiger partial charge >= 0.3 is 12.1 Å². The van der Waals surface area contributed by atoms with E-state index >= 15 is 0 Å². The van der Waals surface area contributed by atoms with Crippen molar-refractivity contribution in [2.75, 3.05) is 13.1 Å². The van der Waals surface area contributed by atoms with E-state index in [0.717, 1.165) is 12.1 Å². The molecule has 1 aromatic carbocycles. The minimum Gasteiger partial charge on any atom is -0.481 e. The number of carboxylic acid groups (broad SMARTS) is 1. The summed E-state index contributed by atoms with van der Waals surface area (Å²) in [5, 5.41) is 8.78. The summed E-state index contributed by atoms with van der Waals surface area (Å²) < 4.78 is 38.0. The molecule has 7 heteroatoms. The highest BCUT2D eigenvalue weighted by Gasteiger charge is 2.30. The van der Waals surface area contributed by atoms with Crippen molar-refractivity contribution in [3.63, 3.8) is 0 Å². The second-order valence-corrected chi connectivity index (χ2v) is 6.47. The standard InChI is InChI=1S/C18H22F3NO3/c19-18(20,21)15-5-1-3-13(11-15)4-2-6-16(23)22-9-7-14(8-10-22)12-17(24)25/h1,3,5,11,14H,2,4,6-10,12H2,(H,24,25). The number of benzene rings is 1. The molecule has 1 N–H and O–H groups in total. The van der Waals surface area contributed by atoms with Crippen LogP contribution in [0.25, 0.3) is 0 Å². The smallest absolute Gasteiger partial charge is 0.416 e. The van der Waals surface area contributed by atoms with Crippen molar-refractivity contribution >= 4 is 11.9 Å². The summed E-state index contributed by atoms with van der Waals surface area (Å²) in [6.07, 6.45) is -1.64. The van der Waals surface area contributed by atoms with Crippen LogP contribution in [-0.2, 0) is 22.2 Å². The van der Waals surface area contributed by atoms with Crippen LogP contribution in [0.2, 0.25) is 0 Å². The molecule has 1 aliphatic rings. The van der Waals surface area contributed by atoms with Gasteiger partial charge in [0.15, 0.2) is 0 Å². The maximum atomic E-state index is 12.7. The molecule has 0 bridgehead atoms. The number of carbonyl (C=O) groups is 2. The fraction of sp³-hybridized carbons (Fsp3) is 0.556. The fourth-order valence-electron chi connectivity index (χ4n) is 3.14. The molecule has 2 rings (SSSR count). The molecule has 0 unspecified atom stereocenters. The third-order valence-electron chi connectivity index (χ3n) is 4.54. The molecule has 1 heterocycles. The number of hydrogen-bond donors (Lipinski definition) is 1. The van der Waals surface area contributed by atoms with Gasteiger partial charge < -0.3 is 10.0 Å². The van der Waals surface area contributed by atoms with Crippen LogP contribution in [0.3, 0.4) is 0 Å². The zero-order chi connectivity index (χ0) is 18.4. The molecule has 1 amide bonds. The summed E-state index contributed by atoms with van der Waals surface area (Å²) in [6, 6.07) is 5.18. The summed E-state index contributed by atoms with van der Waals surface area (Å²) in [6.45, 7) is 1.11. The van der Waals surface area contributed by atoms with Crippen LogP contribution in [0.1, 0.15) is 43.2 Å². The molecule has 0 spiro atoms. The van der Waals surface area contributed by atoms with E-state index in [2.05, 4.69) is 0 Å². The largest absolute Gasteiger partial charge is 0.481 e. The van der Waals surface area contributed by atoms with Gasteiger partial charge in [-0.15, -0.1) is 0 Å². The van der Waals surface area contributed by atoms with Crippen LogP contribution in [-0.4, -0.2) is 35.0 Å². The van der Waals surface area contributed by atoms with E-state index < -0.39 is 17.7 Å². The number of aryl methyl sites for hydroxylation is 1. The lowest BCUT2D eigenvalue weighted by Gasteiger charge is -2.31. The van der Waals surface area contributed by atoms with Gasteiger partial charge in [0.1, 0.15) is 0 Å². The van der Waals surface area contributed by atoms with E-state index in [4.69, 9.17) is 5.11 Å². The minimum absolute atomic E-state index is 0.0132. The molecule has 138 valence electrons. The van der Waals surface area contributed by atoms with Crippen LogP contribution in [0.4, 0.5) is 13.2 Å². The Morgan fingerprint density at radius 3 is 2.48 bits per heavy atom. The molecule has 1 aliphatic heterocycles. The van der Waals surface area contributed by atoms with Crippen LogP contribution in [0.5, 0.6) is 0 Å². The number of rotatable bonds is 6. The highest BCUT2D eigenvalue weighted by atomic mass is 19.4. The maximum Gasteiger partial charge on any atom is 0.416 e. The molecule has 0 radical (unpaired) electrons. The maximum absolute atomic E-state index is 12.7. The van der Waals surface area contributed by atoms with Crippen molar-refractivity contribution in [1.82, 2.24) is 4.90 Å². The molecular weight excluding hydrogens is 335 g/mol. The zero-order valence-corrected chi connectivity index (χ0v) is 13.9.